The molecule has 0 aromatic carbocycles. The summed E-state index contributed by atoms with van der Waals surface area (Å²) < 4.78 is 0. The van der Waals surface area contributed by atoms with E-state index in [1.54, 1.807) is 4.90 Å². The lowest BCUT2D eigenvalue weighted by atomic mass is 10.0. The Kier molecular flexibility index (Phi) is 5.39. The van der Waals surface area contributed by atoms with Crippen LogP contribution in [0.1, 0.15) is 56.7 Å². The van der Waals surface area contributed by atoms with E-state index in [4.69, 9.17) is 5.73 Å². The first-order valence-electron chi connectivity index (χ1n) is 6.98. The quantitative estimate of drug-likeness (QED) is 0.830. The zero-order valence-corrected chi connectivity index (χ0v) is 12.7. The summed E-state index contributed by atoms with van der Waals surface area (Å²) in [6.07, 6.45) is 2.76. The third-order valence-electron chi connectivity index (χ3n) is 3.38. The minimum atomic E-state index is -0.107. The Morgan fingerprint density at radius 1 is 1.42 bits per heavy atom. The fraction of sp³-hybridized carbons (Fsp3) is 0.714. The number of rotatable bonds is 6. The smallest absolute Gasteiger partial charge is 0.276 e. The highest BCUT2D eigenvalue weighted by Crippen LogP contribution is 2.19. The molecule has 1 rings (SSSR count). The maximum atomic E-state index is 12.4. The molecule has 1 heterocycles. The minimum Gasteiger partial charge on any atom is -0.395 e. The Morgan fingerprint density at radius 2 is 2.05 bits per heavy atom. The van der Waals surface area contributed by atoms with Gasteiger partial charge in [0.15, 0.2) is 5.69 Å². The molecular formula is C14H26N4O. The number of aromatic amines is 1. The Morgan fingerprint density at radius 3 is 2.58 bits per heavy atom. The van der Waals surface area contributed by atoms with E-state index < -0.39 is 0 Å². The summed E-state index contributed by atoms with van der Waals surface area (Å²) >= 11 is 0. The highest BCUT2D eigenvalue weighted by Gasteiger charge is 2.23. The van der Waals surface area contributed by atoms with Crippen LogP contribution in [0.2, 0.25) is 0 Å². The molecule has 3 N–H and O–H groups in total. The molecule has 0 bridgehead atoms. The van der Waals surface area contributed by atoms with Crippen molar-refractivity contribution in [3.8, 4) is 0 Å². The lowest BCUT2D eigenvalue weighted by Crippen LogP contribution is -2.36. The van der Waals surface area contributed by atoms with Crippen molar-refractivity contribution in [1.29, 1.82) is 0 Å². The minimum absolute atomic E-state index is 0.107. The van der Waals surface area contributed by atoms with Crippen LogP contribution in [0.25, 0.3) is 0 Å². The van der Waals surface area contributed by atoms with Crippen molar-refractivity contribution in [3.05, 3.63) is 11.4 Å². The van der Waals surface area contributed by atoms with Gasteiger partial charge in [0.1, 0.15) is 0 Å². The number of nitrogens with two attached hydrogens (primary N) is 1. The number of carbonyl (C=O) groups is 1. The molecule has 0 saturated heterocycles. The topological polar surface area (TPSA) is 75.0 Å². The van der Waals surface area contributed by atoms with E-state index in [2.05, 4.69) is 31.0 Å². The summed E-state index contributed by atoms with van der Waals surface area (Å²) in [6, 6.07) is 0.179. The number of nitrogens with one attached hydrogen (secondary N) is 1. The zero-order chi connectivity index (χ0) is 14.6. The molecule has 0 aliphatic rings. The fourth-order valence-corrected chi connectivity index (χ4v) is 2.20. The molecule has 1 aromatic rings. The number of nitrogen functional groups attached to an aromatic ring is 1. The van der Waals surface area contributed by atoms with E-state index in [1.807, 2.05) is 14.0 Å². The summed E-state index contributed by atoms with van der Waals surface area (Å²) in [5.74, 6) is 0.446. The van der Waals surface area contributed by atoms with Crippen LogP contribution in [0.5, 0.6) is 0 Å². The van der Waals surface area contributed by atoms with Crippen LogP contribution in [-0.4, -0.2) is 34.1 Å². The van der Waals surface area contributed by atoms with E-state index >= 15 is 0 Å². The van der Waals surface area contributed by atoms with Crippen LogP contribution in [0.15, 0.2) is 0 Å². The van der Waals surface area contributed by atoms with Gasteiger partial charge in [0.2, 0.25) is 0 Å². The average Bonchev–Trinajstić information content (AvgIpc) is 2.69. The van der Waals surface area contributed by atoms with Gasteiger partial charge in [0, 0.05) is 13.1 Å². The summed E-state index contributed by atoms with van der Waals surface area (Å²) in [6.45, 7) is 8.42. The lowest BCUT2D eigenvalue weighted by molar-refractivity contribution is 0.0723. The van der Waals surface area contributed by atoms with Gasteiger partial charge in [0.25, 0.3) is 5.91 Å². The predicted octanol–water partition coefficient (Wildman–Crippen LogP) is 2.45. The number of anilines is 1. The standard InChI is InChI=1S/C14H26N4O/c1-6-7-11-12(15)13(17-16-11)14(19)18(5)10(4)8-9(2)3/h9-10H,6-8,15H2,1-5H3,(H,16,17). The number of carbonyl (C=O) groups excluding carboxylic acids is 1. The molecule has 1 unspecified atom stereocenters. The summed E-state index contributed by atoms with van der Waals surface area (Å²) in [5.41, 5.74) is 7.69. The highest BCUT2D eigenvalue weighted by molar-refractivity contribution is 5.97. The highest BCUT2D eigenvalue weighted by atomic mass is 16.2. The van der Waals surface area contributed by atoms with Gasteiger partial charge in [-0.15, -0.1) is 0 Å². The molecular weight excluding hydrogens is 240 g/mol. The first kappa shape index (κ1) is 15.5. The van der Waals surface area contributed by atoms with Crippen molar-refractivity contribution in [3.63, 3.8) is 0 Å². The van der Waals surface area contributed by atoms with Gasteiger partial charge >= 0.3 is 0 Å². The van der Waals surface area contributed by atoms with Gasteiger partial charge in [-0.2, -0.15) is 5.10 Å². The zero-order valence-electron chi connectivity index (χ0n) is 12.7. The molecule has 0 saturated carbocycles. The monoisotopic (exact) mass is 266 g/mol. The number of H-pyrrole nitrogens is 1. The number of hydrogen-bond acceptors (Lipinski definition) is 3. The number of nitrogens with zero attached hydrogens (tertiary/aromatic N) is 2. The molecule has 108 valence electrons. The van der Waals surface area contributed by atoms with Gasteiger partial charge in [-0.25, -0.2) is 0 Å². The van der Waals surface area contributed by atoms with Crippen molar-refractivity contribution in [1.82, 2.24) is 15.1 Å². The largest absolute Gasteiger partial charge is 0.395 e. The second-order valence-corrected chi connectivity index (χ2v) is 5.61. The molecule has 0 fully saturated rings. The number of hydrogen-bond donors (Lipinski definition) is 2. The molecule has 0 spiro atoms. The molecule has 1 aromatic heterocycles. The Balaban J connectivity index is 2.82. The van der Waals surface area contributed by atoms with E-state index in [-0.39, 0.29) is 11.9 Å². The van der Waals surface area contributed by atoms with Crippen LogP contribution in [0, 0.1) is 5.92 Å². The normalized spacial score (nSPS) is 12.7. The molecule has 0 aliphatic carbocycles. The molecule has 1 atom stereocenters. The predicted molar refractivity (Wildman–Crippen MR) is 78.0 cm³/mol. The van der Waals surface area contributed by atoms with E-state index in [1.165, 1.54) is 0 Å². The third kappa shape index (κ3) is 3.72. The van der Waals surface area contributed by atoms with Gasteiger partial charge in [-0.1, -0.05) is 27.2 Å². The van der Waals surface area contributed by atoms with Crippen LogP contribution in [-0.2, 0) is 6.42 Å². The van der Waals surface area contributed by atoms with Gasteiger partial charge < -0.3 is 10.6 Å². The lowest BCUT2D eigenvalue weighted by Gasteiger charge is -2.25. The molecule has 0 aliphatic heterocycles. The van der Waals surface area contributed by atoms with Crippen LogP contribution < -0.4 is 5.73 Å². The van der Waals surface area contributed by atoms with Gasteiger partial charge in [0.05, 0.1) is 11.4 Å². The SMILES string of the molecule is CCCc1[nH]nc(C(=O)N(C)C(C)CC(C)C)c1N. The molecule has 19 heavy (non-hydrogen) atoms. The fourth-order valence-electron chi connectivity index (χ4n) is 2.20. The number of aryl methyl sites for hydroxylation is 1. The molecule has 0 radical (unpaired) electrons. The summed E-state index contributed by atoms with van der Waals surface area (Å²) in [4.78, 5) is 14.1. The molecule has 5 nitrogen and oxygen atoms in total. The van der Waals surface area contributed by atoms with Gasteiger partial charge in [-0.3, -0.25) is 9.89 Å². The third-order valence-corrected chi connectivity index (χ3v) is 3.38. The molecule has 5 heteroatoms. The molecule has 1 amide bonds. The van der Waals surface area contributed by atoms with Crippen molar-refractivity contribution in [2.75, 3.05) is 12.8 Å². The van der Waals surface area contributed by atoms with Crippen molar-refractivity contribution < 1.29 is 4.79 Å². The van der Waals surface area contributed by atoms with Crippen LogP contribution >= 0.6 is 0 Å². The Bertz CT molecular complexity index is 425. The van der Waals surface area contributed by atoms with E-state index in [0.29, 0.717) is 17.3 Å². The second-order valence-electron chi connectivity index (χ2n) is 5.61. The van der Waals surface area contributed by atoms with Crippen molar-refractivity contribution >= 4 is 11.6 Å². The van der Waals surface area contributed by atoms with Crippen LogP contribution in [0.3, 0.4) is 0 Å². The first-order chi connectivity index (χ1) is 8.88. The van der Waals surface area contributed by atoms with E-state index in [9.17, 15) is 4.79 Å². The Hall–Kier alpha value is -1.52. The van der Waals surface area contributed by atoms with E-state index in [0.717, 1.165) is 25.0 Å². The van der Waals surface area contributed by atoms with Gasteiger partial charge in [-0.05, 0) is 25.7 Å². The maximum absolute atomic E-state index is 12.4. The number of aromatic nitrogens is 2. The average molecular weight is 266 g/mol. The Labute approximate surface area is 115 Å². The number of amides is 1. The van der Waals surface area contributed by atoms with Crippen LogP contribution in [0.4, 0.5) is 5.69 Å². The maximum Gasteiger partial charge on any atom is 0.276 e. The summed E-state index contributed by atoms with van der Waals surface area (Å²) in [7, 11) is 1.81. The van der Waals surface area contributed by atoms with Crippen molar-refractivity contribution in [2.45, 2.75) is 53.0 Å². The summed E-state index contributed by atoms with van der Waals surface area (Å²) in [5, 5.41) is 6.94. The first-order valence-corrected chi connectivity index (χ1v) is 6.98. The van der Waals surface area contributed by atoms with Crippen molar-refractivity contribution in [2.24, 2.45) is 5.92 Å². The second kappa shape index (κ2) is 6.59.